The second-order valence-electron chi connectivity index (χ2n) is 8.04. The summed E-state index contributed by atoms with van der Waals surface area (Å²) in [5.41, 5.74) is 7.73. The minimum absolute atomic E-state index is 0.0893. The second kappa shape index (κ2) is 9.97. The maximum atomic E-state index is 12.4. The van der Waals surface area contributed by atoms with Crippen LogP contribution >= 0.6 is 23.5 Å². The highest BCUT2D eigenvalue weighted by molar-refractivity contribution is 7.99. The molecule has 4 aromatic rings. The first kappa shape index (κ1) is 23.3. The minimum Gasteiger partial charge on any atom is -0.325 e. The molecule has 2 aromatic heterocycles. The molecule has 0 spiro atoms. The zero-order chi connectivity index (χ0) is 23.5. The zero-order valence-electron chi connectivity index (χ0n) is 19.5. The molecular weight excluding hydrogens is 450 g/mol. The van der Waals surface area contributed by atoms with E-state index in [0.717, 1.165) is 34.0 Å². The van der Waals surface area contributed by atoms with Crippen molar-refractivity contribution in [3.8, 4) is 0 Å². The summed E-state index contributed by atoms with van der Waals surface area (Å²) in [6.07, 6.45) is 2.81. The highest BCUT2D eigenvalue weighted by atomic mass is 32.2. The lowest BCUT2D eigenvalue weighted by Crippen LogP contribution is -2.14. The molecule has 6 nitrogen and oxygen atoms in total. The minimum atomic E-state index is -0.0893. The van der Waals surface area contributed by atoms with Crippen molar-refractivity contribution in [2.75, 3.05) is 17.3 Å². The molecule has 0 saturated carbocycles. The van der Waals surface area contributed by atoms with Gasteiger partial charge in [-0.2, -0.15) is 4.98 Å². The number of nitrogens with zero attached hydrogens (tertiary/aromatic N) is 4. The average Bonchev–Trinajstić information content (AvgIpc) is 3.20. The third kappa shape index (κ3) is 5.39. The van der Waals surface area contributed by atoms with Gasteiger partial charge < -0.3 is 5.32 Å². The lowest BCUT2D eigenvalue weighted by Gasteiger charge is -2.12. The standard InChI is InChI=1S/C25H27N5OS2/c1-15-9-10-16(2)19(11-15)12-22-17(3)26-24-28-25(29-30(24)18(22)4)33-14-23(31)27-20-7-6-8-21(13-20)32-5/h6-11,13H,12,14H2,1-5H3,(H,27,31). The number of nitrogens with one attached hydrogen (secondary N) is 1. The van der Waals surface area contributed by atoms with Crippen molar-refractivity contribution in [3.05, 3.63) is 76.1 Å². The van der Waals surface area contributed by atoms with Crippen molar-refractivity contribution in [3.63, 3.8) is 0 Å². The lowest BCUT2D eigenvalue weighted by atomic mass is 9.97. The normalized spacial score (nSPS) is 11.2. The van der Waals surface area contributed by atoms with Crippen molar-refractivity contribution in [2.45, 2.75) is 44.2 Å². The van der Waals surface area contributed by atoms with Gasteiger partial charge in [-0.25, -0.2) is 9.50 Å². The first-order chi connectivity index (χ1) is 15.8. The molecule has 0 bridgehead atoms. The van der Waals surface area contributed by atoms with Crippen LogP contribution in [0.2, 0.25) is 0 Å². The summed E-state index contributed by atoms with van der Waals surface area (Å²) in [5, 5.41) is 8.10. The average molecular weight is 478 g/mol. The van der Waals surface area contributed by atoms with Gasteiger partial charge in [0.1, 0.15) is 0 Å². The Hall–Kier alpha value is -2.84. The van der Waals surface area contributed by atoms with Crippen LogP contribution in [0.15, 0.2) is 52.5 Å². The van der Waals surface area contributed by atoms with Gasteiger partial charge in [0, 0.05) is 28.4 Å². The van der Waals surface area contributed by atoms with E-state index in [0.29, 0.717) is 10.9 Å². The number of carbonyl (C=O) groups excluding carboxylic acids is 1. The quantitative estimate of drug-likeness (QED) is 0.359. The van der Waals surface area contributed by atoms with Gasteiger partial charge >= 0.3 is 0 Å². The van der Waals surface area contributed by atoms with Crippen molar-refractivity contribution in [2.24, 2.45) is 0 Å². The van der Waals surface area contributed by atoms with Crippen LogP contribution in [0.4, 0.5) is 5.69 Å². The molecule has 2 heterocycles. The number of amides is 1. The van der Waals surface area contributed by atoms with Crippen molar-refractivity contribution < 1.29 is 4.79 Å². The topological polar surface area (TPSA) is 72.2 Å². The van der Waals surface area contributed by atoms with E-state index in [1.54, 1.807) is 16.3 Å². The Morgan fingerprint density at radius 1 is 1.06 bits per heavy atom. The van der Waals surface area contributed by atoms with Crippen LogP contribution in [0, 0.1) is 27.7 Å². The Morgan fingerprint density at radius 2 is 1.88 bits per heavy atom. The molecule has 4 rings (SSSR count). The first-order valence-corrected chi connectivity index (χ1v) is 12.9. The molecule has 33 heavy (non-hydrogen) atoms. The predicted octanol–water partition coefficient (Wildman–Crippen LogP) is 5.40. The van der Waals surface area contributed by atoms with Crippen molar-refractivity contribution in [1.29, 1.82) is 0 Å². The lowest BCUT2D eigenvalue weighted by molar-refractivity contribution is -0.113. The van der Waals surface area contributed by atoms with Crippen molar-refractivity contribution >= 4 is 40.9 Å². The van der Waals surface area contributed by atoms with Gasteiger partial charge in [-0.15, -0.1) is 16.9 Å². The second-order valence-corrected chi connectivity index (χ2v) is 9.87. The fourth-order valence-electron chi connectivity index (χ4n) is 3.72. The molecule has 1 amide bonds. The summed E-state index contributed by atoms with van der Waals surface area (Å²) in [6, 6.07) is 14.3. The number of fused-ring (bicyclic) bond motifs is 1. The summed E-state index contributed by atoms with van der Waals surface area (Å²) < 4.78 is 1.79. The molecule has 0 aliphatic heterocycles. The SMILES string of the molecule is CSc1cccc(NC(=O)CSc2nc3nc(C)c(Cc4cc(C)ccc4C)c(C)n3n2)c1. The Labute approximate surface area is 202 Å². The van der Waals surface area contributed by atoms with E-state index in [4.69, 9.17) is 4.98 Å². The number of aryl methyl sites for hydroxylation is 4. The Kier molecular flexibility index (Phi) is 7.05. The van der Waals surface area contributed by atoms with Crippen LogP contribution in [0.25, 0.3) is 5.78 Å². The van der Waals surface area contributed by atoms with Crippen LogP contribution in [0.3, 0.4) is 0 Å². The summed E-state index contributed by atoms with van der Waals surface area (Å²) in [5.74, 6) is 0.701. The molecule has 0 unspecified atom stereocenters. The summed E-state index contributed by atoms with van der Waals surface area (Å²) in [7, 11) is 0. The molecule has 0 fully saturated rings. The number of hydrogen-bond acceptors (Lipinski definition) is 6. The fourth-order valence-corrected chi connectivity index (χ4v) is 4.79. The monoisotopic (exact) mass is 477 g/mol. The number of carbonyl (C=O) groups is 1. The van der Waals surface area contributed by atoms with Crippen LogP contribution in [0.5, 0.6) is 0 Å². The van der Waals surface area contributed by atoms with Crippen LogP contribution in [-0.2, 0) is 11.2 Å². The smallest absolute Gasteiger partial charge is 0.253 e. The molecule has 0 saturated heterocycles. The molecule has 2 aromatic carbocycles. The molecule has 0 radical (unpaired) electrons. The summed E-state index contributed by atoms with van der Waals surface area (Å²) in [4.78, 5) is 22.8. The van der Waals surface area contributed by atoms with E-state index in [1.165, 1.54) is 28.5 Å². The van der Waals surface area contributed by atoms with E-state index >= 15 is 0 Å². The molecule has 1 N–H and O–H groups in total. The van der Waals surface area contributed by atoms with Crippen molar-refractivity contribution in [1.82, 2.24) is 19.6 Å². The van der Waals surface area contributed by atoms with E-state index in [1.807, 2.05) is 37.4 Å². The van der Waals surface area contributed by atoms with Gasteiger partial charge in [0.2, 0.25) is 11.1 Å². The number of benzene rings is 2. The largest absolute Gasteiger partial charge is 0.325 e. The number of anilines is 1. The number of hydrogen-bond donors (Lipinski definition) is 1. The van der Waals surface area contributed by atoms with Crippen LogP contribution in [0.1, 0.15) is 33.6 Å². The number of aromatic nitrogens is 4. The predicted molar refractivity (Wildman–Crippen MR) is 137 cm³/mol. The van der Waals surface area contributed by atoms with Crippen LogP contribution in [-0.4, -0.2) is 37.5 Å². The van der Waals surface area contributed by atoms with E-state index < -0.39 is 0 Å². The van der Waals surface area contributed by atoms with Gasteiger partial charge in [-0.1, -0.05) is 41.6 Å². The highest BCUT2D eigenvalue weighted by Crippen LogP contribution is 2.23. The zero-order valence-corrected chi connectivity index (χ0v) is 21.1. The third-order valence-electron chi connectivity index (χ3n) is 5.59. The van der Waals surface area contributed by atoms with E-state index in [2.05, 4.69) is 54.4 Å². The maximum Gasteiger partial charge on any atom is 0.253 e. The number of rotatable bonds is 7. The Morgan fingerprint density at radius 3 is 2.67 bits per heavy atom. The molecule has 0 aliphatic rings. The van der Waals surface area contributed by atoms with Gasteiger partial charge in [0.15, 0.2) is 0 Å². The van der Waals surface area contributed by atoms with Gasteiger partial charge in [0.25, 0.3) is 5.78 Å². The van der Waals surface area contributed by atoms with Gasteiger partial charge in [0.05, 0.1) is 5.75 Å². The Bertz CT molecular complexity index is 1330. The summed E-state index contributed by atoms with van der Waals surface area (Å²) >= 11 is 2.95. The molecule has 0 atom stereocenters. The molecule has 170 valence electrons. The molecule has 0 aliphatic carbocycles. The van der Waals surface area contributed by atoms with E-state index in [9.17, 15) is 4.79 Å². The third-order valence-corrected chi connectivity index (χ3v) is 7.15. The fraction of sp³-hybridized carbons (Fsp3) is 0.280. The first-order valence-electron chi connectivity index (χ1n) is 10.7. The van der Waals surface area contributed by atoms with Crippen LogP contribution < -0.4 is 5.32 Å². The van der Waals surface area contributed by atoms with E-state index in [-0.39, 0.29) is 11.7 Å². The van der Waals surface area contributed by atoms with Gasteiger partial charge in [-0.05, 0) is 68.8 Å². The Balaban J connectivity index is 1.50. The number of thioether (sulfide) groups is 2. The highest BCUT2D eigenvalue weighted by Gasteiger charge is 2.16. The molecular formula is C25H27N5OS2. The maximum absolute atomic E-state index is 12.4. The summed E-state index contributed by atoms with van der Waals surface area (Å²) in [6.45, 7) is 8.32. The van der Waals surface area contributed by atoms with Gasteiger partial charge in [-0.3, -0.25) is 4.79 Å². The molecule has 8 heteroatoms.